The fraction of sp³-hybridized carbons (Fsp3) is 0.471. The minimum absolute atomic E-state index is 0.00894. The van der Waals surface area contributed by atoms with Crippen LogP contribution in [0.4, 0.5) is 9.18 Å². The quantitative estimate of drug-likeness (QED) is 0.828. The molecule has 0 aromatic heterocycles. The molecule has 128 valence electrons. The van der Waals surface area contributed by atoms with Gasteiger partial charge in [-0.25, -0.2) is 9.18 Å². The van der Waals surface area contributed by atoms with Gasteiger partial charge in [0.25, 0.3) is 5.91 Å². The Hall–Kier alpha value is -2.44. The molecule has 3 rings (SSSR count). The number of hydrazine groups is 1. The third-order valence-corrected chi connectivity index (χ3v) is 4.68. The number of nitrogens with zero attached hydrogens (tertiary/aromatic N) is 1. The maximum atomic E-state index is 13.5. The van der Waals surface area contributed by atoms with Crippen molar-refractivity contribution in [1.29, 1.82) is 0 Å². The molecular formula is C17H20FN3O3. The molecule has 1 aromatic rings. The molecule has 7 heteroatoms. The summed E-state index contributed by atoms with van der Waals surface area (Å²) >= 11 is 0. The normalized spacial score (nSPS) is 19.5. The van der Waals surface area contributed by atoms with Gasteiger partial charge < -0.3 is 5.32 Å². The van der Waals surface area contributed by atoms with Crippen molar-refractivity contribution in [3.63, 3.8) is 0 Å². The molecule has 0 unspecified atom stereocenters. The lowest BCUT2D eigenvalue weighted by Crippen LogP contribution is -2.51. The highest BCUT2D eigenvalue weighted by molar-refractivity contribution is 6.08. The highest BCUT2D eigenvalue weighted by atomic mass is 19.1. The molecule has 0 atom stereocenters. The number of halogens is 1. The number of hydrogen-bond donors (Lipinski definition) is 2. The van der Waals surface area contributed by atoms with Crippen LogP contribution in [0.1, 0.15) is 44.1 Å². The van der Waals surface area contributed by atoms with E-state index in [2.05, 4.69) is 10.7 Å². The summed E-state index contributed by atoms with van der Waals surface area (Å²) in [5.74, 6) is -1.26. The second-order valence-corrected chi connectivity index (χ2v) is 6.34. The highest BCUT2D eigenvalue weighted by Gasteiger charge is 2.52. The number of urea groups is 1. The van der Waals surface area contributed by atoms with E-state index in [0.717, 1.165) is 24.3 Å². The van der Waals surface area contributed by atoms with Crippen LogP contribution in [0.2, 0.25) is 0 Å². The predicted molar refractivity (Wildman–Crippen MR) is 84.1 cm³/mol. The van der Waals surface area contributed by atoms with E-state index in [4.69, 9.17) is 0 Å². The first-order valence-corrected chi connectivity index (χ1v) is 8.21. The molecule has 2 fully saturated rings. The Morgan fingerprint density at radius 1 is 1.21 bits per heavy atom. The second-order valence-electron chi connectivity index (χ2n) is 6.34. The average Bonchev–Trinajstić information content (AvgIpc) is 2.79. The van der Waals surface area contributed by atoms with Crippen molar-refractivity contribution in [3.8, 4) is 0 Å². The monoisotopic (exact) mass is 333 g/mol. The molecule has 1 aromatic carbocycles. The molecule has 6 nitrogen and oxygen atoms in total. The zero-order valence-electron chi connectivity index (χ0n) is 13.3. The molecule has 1 spiro atoms. The van der Waals surface area contributed by atoms with Crippen molar-refractivity contribution in [3.05, 3.63) is 35.6 Å². The molecule has 0 bridgehead atoms. The molecule has 1 saturated heterocycles. The van der Waals surface area contributed by atoms with E-state index < -0.39 is 23.4 Å². The number of benzene rings is 1. The molecule has 2 N–H and O–H groups in total. The second kappa shape index (κ2) is 6.59. The molecule has 1 heterocycles. The van der Waals surface area contributed by atoms with Gasteiger partial charge in [-0.15, -0.1) is 0 Å². The van der Waals surface area contributed by atoms with Gasteiger partial charge in [0.2, 0.25) is 5.91 Å². The molecule has 1 aliphatic heterocycles. The summed E-state index contributed by atoms with van der Waals surface area (Å²) < 4.78 is 13.5. The van der Waals surface area contributed by atoms with Crippen LogP contribution in [-0.4, -0.2) is 28.4 Å². The number of rotatable bonds is 4. The summed E-state index contributed by atoms with van der Waals surface area (Å²) in [5.41, 5.74) is 1.91. The third kappa shape index (κ3) is 3.11. The number of nitrogens with one attached hydrogen (secondary N) is 2. The van der Waals surface area contributed by atoms with Crippen LogP contribution in [0.25, 0.3) is 0 Å². The van der Waals surface area contributed by atoms with E-state index in [1.54, 1.807) is 18.2 Å². The number of amides is 4. The van der Waals surface area contributed by atoms with E-state index in [-0.39, 0.29) is 18.7 Å². The van der Waals surface area contributed by atoms with Crippen molar-refractivity contribution in [2.75, 3.05) is 0 Å². The van der Waals surface area contributed by atoms with Gasteiger partial charge in [-0.3, -0.25) is 15.0 Å². The van der Waals surface area contributed by atoms with Crippen LogP contribution in [0.3, 0.4) is 0 Å². The number of carbonyl (C=O) groups excluding carboxylic acids is 3. The number of imide groups is 1. The van der Waals surface area contributed by atoms with Crippen molar-refractivity contribution in [2.45, 2.75) is 50.5 Å². The lowest BCUT2D eigenvalue weighted by Gasteiger charge is -2.30. The first-order chi connectivity index (χ1) is 11.5. The smallest absolute Gasteiger partial charge is 0.322 e. The zero-order chi connectivity index (χ0) is 17.2. The third-order valence-electron chi connectivity index (χ3n) is 4.68. The molecule has 2 aliphatic rings. The van der Waals surface area contributed by atoms with Gasteiger partial charge in [0.05, 0.1) is 0 Å². The van der Waals surface area contributed by atoms with Gasteiger partial charge in [-0.1, -0.05) is 37.5 Å². The first kappa shape index (κ1) is 16.4. The SMILES string of the molecule is O=C(CCc1ccccc1F)NN1C(=O)NC2(CCCCC2)C1=O. The Morgan fingerprint density at radius 3 is 2.62 bits per heavy atom. The summed E-state index contributed by atoms with van der Waals surface area (Å²) in [6, 6.07) is 5.61. The van der Waals surface area contributed by atoms with Gasteiger partial charge in [0.1, 0.15) is 11.4 Å². The van der Waals surface area contributed by atoms with Gasteiger partial charge in [-0.2, -0.15) is 5.01 Å². The van der Waals surface area contributed by atoms with Crippen molar-refractivity contribution < 1.29 is 18.8 Å². The number of aryl methyl sites for hydroxylation is 1. The Kier molecular flexibility index (Phi) is 4.51. The molecule has 1 saturated carbocycles. The largest absolute Gasteiger partial charge is 0.344 e. The van der Waals surface area contributed by atoms with Gasteiger partial charge in [-0.05, 0) is 30.9 Å². The van der Waals surface area contributed by atoms with Crippen LogP contribution >= 0.6 is 0 Å². The van der Waals surface area contributed by atoms with Crippen molar-refractivity contribution >= 4 is 17.8 Å². The van der Waals surface area contributed by atoms with Crippen LogP contribution < -0.4 is 10.7 Å². The molecule has 24 heavy (non-hydrogen) atoms. The zero-order valence-corrected chi connectivity index (χ0v) is 13.3. The molecule has 1 aliphatic carbocycles. The maximum Gasteiger partial charge on any atom is 0.344 e. The van der Waals surface area contributed by atoms with E-state index >= 15 is 0 Å². The van der Waals surface area contributed by atoms with Gasteiger partial charge in [0.15, 0.2) is 0 Å². The minimum atomic E-state index is -0.867. The average molecular weight is 333 g/mol. The Balaban J connectivity index is 1.59. The summed E-state index contributed by atoms with van der Waals surface area (Å²) in [5, 5.41) is 3.49. The maximum absolute atomic E-state index is 13.5. The molecule has 0 radical (unpaired) electrons. The summed E-state index contributed by atoms with van der Waals surface area (Å²) in [6.07, 6.45) is 4.18. The summed E-state index contributed by atoms with van der Waals surface area (Å²) in [7, 11) is 0. The van der Waals surface area contributed by atoms with Crippen LogP contribution in [-0.2, 0) is 16.0 Å². The lowest BCUT2D eigenvalue weighted by atomic mass is 9.82. The first-order valence-electron chi connectivity index (χ1n) is 8.21. The minimum Gasteiger partial charge on any atom is -0.322 e. The van der Waals surface area contributed by atoms with Crippen LogP contribution in [0.15, 0.2) is 24.3 Å². The topological polar surface area (TPSA) is 78.5 Å². The van der Waals surface area contributed by atoms with E-state index in [0.29, 0.717) is 18.4 Å². The van der Waals surface area contributed by atoms with Gasteiger partial charge in [0, 0.05) is 6.42 Å². The predicted octanol–water partition coefficient (Wildman–Crippen LogP) is 2.04. The fourth-order valence-corrected chi connectivity index (χ4v) is 3.35. The van der Waals surface area contributed by atoms with Gasteiger partial charge >= 0.3 is 6.03 Å². The van der Waals surface area contributed by atoms with Crippen molar-refractivity contribution in [2.24, 2.45) is 0 Å². The van der Waals surface area contributed by atoms with Crippen molar-refractivity contribution in [1.82, 2.24) is 15.8 Å². The van der Waals surface area contributed by atoms with Crippen LogP contribution in [0.5, 0.6) is 0 Å². The van der Waals surface area contributed by atoms with Crippen LogP contribution in [0, 0.1) is 5.82 Å². The Labute approximate surface area is 139 Å². The fourth-order valence-electron chi connectivity index (χ4n) is 3.35. The molecule has 4 amide bonds. The standard InChI is InChI=1S/C17H20FN3O3/c18-13-7-3-2-6-12(13)8-9-14(22)20-21-15(23)17(19-16(21)24)10-4-1-5-11-17/h2-3,6-7H,1,4-5,8-11H2,(H,19,24)(H,20,22). The number of hydrogen-bond acceptors (Lipinski definition) is 3. The van der Waals surface area contributed by atoms with E-state index in [9.17, 15) is 18.8 Å². The molecular weight excluding hydrogens is 313 g/mol. The Bertz CT molecular complexity index is 671. The Morgan fingerprint density at radius 2 is 1.92 bits per heavy atom. The van der Waals surface area contributed by atoms with E-state index in [1.165, 1.54) is 6.07 Å². The van der Waals surface area contributed by atoms with E-state index in [1.807, 2.05) is 0 Å². The lowest BCUT2D eigenvalue weighted by molar-refractivity contribution is -0.139. The number of carbonyl (C=O) groups is 3. The summed E-state index contributed by atoms with van der Waals surface area (Å²) in [6.45, 7) is 0. The summed E-state index contributed by atoms with van der Waals surface area (Å²) in [4.78, 5) is 36.6. The highest BCUT2D eigenvalue weighted by Crippen LogP contribution is 2.32.